The summed E-state index contributed by atoms with van der Waals surface area (Å²) in [6.45, 7) is 3.75. The van der Waals surface area contributed by atoms with Gasteiger partial charge in [-0.3, -0.25) is 14.4 Å². The van der Waals surface area contributed by atoms with Crippen molar-refractivity contribution in [3.63, 3.8) is 0 Å². The van der Waals surface area contributed by atoms with Crippen LogP contribution in [0.3, 0.4) is 0 Å². The molecule has 0 saturated carbocycles. The first-order valence-corrected chi connectivity index (χ1v) is 12.8. The fourth-order valence-electron chi connectivity index (χ4n) is 3.39. The molecule has 0 rings (SSSR count). The molecule has 0 unspecified atom stereocenters. The third-order valence-corrected chi connectivity index (χ3v) is 5.33. The van der Waals surface area contributed by atoms with Crippen LogP contribution in [0.5, 0.6) is 0 Å². The van der Waals surface area contributed by atoms with Crippen molar-refractivity contribution >= 4 is 17.8 Å². The monoisotopic (exact) mass is 457 g/mol. The van der Waals surface area contributed by atoms with Gasteiger partial charge in [-0.15, -0.1) is 0 Å². The average molecular weight is 458 g/mol. The van der Waals surface area contributed by atoms with E-state index in [-0.39, 0.29) is 31.3 Å². The molecule has 0 aromatic rings. The molecule has 2 N–H and O–H groups in total. The van der Waals surface area contributed by atoms with Crippen molar-refractivity contribution in [2.75, 3.05) is 26.4 Å². The summed E-state index contributed by atoms with van der Waals surface area (Å²) >= 11 is 0. The molecule has 0 heterocycles. The summed E-state index contributed by atoms with van der Waals surface area (Å²) in [6, 6.07) is 0. The van der Waals surface area contributed by atoms with Crippen LogP contribution in [0.2, 0.25) is 0 Å². The third kappa shape index (κ3) is 24.6. The predicted octanol–water partition coefficient (Wildman–Crippen LogP) is 5.40. The summed E-state index contributed by atoms with van der Waals surface area (Å²) in [4.78, 5) is 33.4. The van der Waals surface area contributed by atoms with Crippen molar-refractivity contribution in [1.29, 1.82) is 0 Å². The molecule has 32 heavy (non-hydrogen) atoms. The second-order valence-corrected chi connectivity index (χ2v) is 8.42. The predicted molar refractivity (Wildman–Crippen MR) is 127 cm³/mol. The van der Waals surface area contributed by atoms with E-state index in [0.29, 0.717) is 32.6 Å². The standard InChI is InChI=1S/C25H47NO6/c1-2-3-4-5-6-7-8-9-10-11-12-13-14-16-25(30)32-22-21-31-20-15-19-26-23(27)17-18-24(28)29/h2-22H2,1H3,(H,26,27)(H,28,29). The summed E-state index contributed by atoms with van der Waals surface area (Å²) in [7, 11) is 0. The zero-order valence-electron chi connectivity index (χ0n) is 20.3. The SMILES string of the molecule is CCCCCCCCCCCCCCCC(=O)OCCOCCCNC(=O)CCC(=O)O. The topological polar surface area (TPSA) is 102 Å². The molecule has 0 aliphatic rings. The molecule has 1 amide bonds. The second-order valence-electron chi connectivity index (χ2n) is 8.42. The number of carbonyl (C=O) groups excluding carboxylic acids is 2. The molecular formula is C25H47NO6. The first kappa shape index (κ1) is 30.4. The number of amides is 1. The van der Waals surface area contributed by atoms with Crippen LogP contribution >= 0.6 is 0 Å². The van der Waals surface area contributed by atoms with Gasteiger partial charge in [0, 0.05) is 26.0 Å². The van der Waals surface area contributed by atoms with Crippen LogP contribution in [0.4, 0.5) is 0 Å². The van der Waals surface area contributed by atoms with Crippen molar-refractivity contribution in [3.8, 4) is 0 Å². The van der Waals surface area contributed by atoms with Crippen molar-refractivity contribution in [1.82, 2.24) is 5.32 Å². The number of hydrogen-bond donors (Lipinski definition) is 2. The number of unbranched alkanes of at least 4 members (excludes halogenated alkanes) is 12. The number of ether oxygens (including phenoxy) is 2. The highest BCUT2D eigenvalue weighted by molar-refractivity contribution is 5.80. The number of carbonyl (C=O) groups is 3. The maximum atomic E-state index is 11.7. The molecule has 7 nitrogen and oxygen atoms in total. The minimum absolute atomic E-state index is 0.00854. The number of hydrogen-bond acceptors (Lipinski definition) is 5. The summed E-state index contributed by atoms with van der Waals surface area (Å²) in [5, 5.41) is 11.1. The number of carboxylic acids is 1. The molecule has 0 aromatic heterocycles. The van der Waals surface area contributed by atoms with E-state index in [0.717, 1.165) is 12.8 Å². The van der Waals surface area contributed by atoms with Gasteiger partial charge in [-0.25, -0.2) is 0 Å². The maximum Gasteiger partial charge on any atom is 0.305 e. The lowest BCUT2D eigenvalue weighted by molar-refractivity contribution is -0.145. The largest absolute Gasteiger partial charge is 0.481 e. The number of nitrogens with one attached hydrogen (secondary N) is 1. The Balaban J connectivity index is 3.24. The van der Waals surface area contributed by atoms with Crippen LogP contribution in [0.1, 0.15) is 116 Å². The van der Waals surface area contributed by atoms with Crippen molar-refractivity contribution in [2.45, 2.75) is 116 Å². The highest BCUT2D eigenvalue weighted by Gasteiger charge is 2.05. The van der Waals surface area contributed by atoms with E-state index in [1.807, 2.05) is 0 Å². The molecular weight excluding hydrogens is 410 g/mol. The number of aliphatic carboxylic acids is 1. The highest BCUT2D eigenvalue weighted by Crippen LogP contribution is 2.13. The van der Waals surface area contributed by atoms with E-state index >= 15 is 0 Å². The molecule has 7 heteroatoms. The molecule has 0 bridgehead atoms. The van der Waals surface area contributed by atoms with Crippen LogP contribution in [-0.2, 0) is 23.9 Å². The lowest BCUT2D eigenvalue weighted by atomic mass is 10.0. The first-order chi connectivity index (χ1) is 15.6. The molecule has 0 fully saturated rings. The number of esters is 1. The van der Waals surface area contributed by atoms with Gasteiger partial charge in [0.1, 0.15) is 6.61 Å². The molecule has 0 aliphatic heterocycles. The van der Waals surface area contributed by atoms with Gasteiger partial charge in [0.05, 0.1) is 13.0 Å². The van der Waals surface area contributed by atoms with E-state index in [1.54, 1.807) is 0 Å². The van der Waals surface area contributed by atoms with Gasteiger partial charge in [-0.2, -0.15) is 0 Å². The van der Waals surface area contributed by atoms with Crippen LogP contribution in [0.15, 0.2) is 0 Å². The minimum Gasteiger partial charge on any atom is -0.481 e. The smallest absolute Gasteiger partial charge is 0.305 e. The molecule has 0 saturated heterocycles. The van der Waals surface area contributed by atoms with E-state index in [9.17, 15) is 14.4 Å². The average Bonchev–Trinajstić information content (AvgIpc) is 2.77. The Morgan fingerprint density at radius 2 is 1.22 bits per heavy atom. The summed E-state index contributed by atoms with van der Waals surface area (Å²) in [5.41, 5.74) is 0. The Kier molecular flexibility index (Phi) is 22.8. The third-order valence-electron chi connectivity index (χ3n) is 5.33. The Morgan fingerprint density at radius 3 is 1.78 bits per heavy atom. The quantitative estimate of drug-likeness (QED) is 0.149. The lowest BCUT2D eigenvalue weighted by Crippen LogP contribution is -2.25. The Labute approximate surface area is 195 Å². The second kappa shape index (κ2) is 24.0. The lowest BCUT2D eigenvalue weighted by Gasteiger charge is -2.07. The van der Waals surface area contributed by atoms with Crippen molar-refractivity contribution < 1.29 is 29.0 Å². The van der Waals surface area contributed by atoms with Gasteiger partial charge < -0.3 is 19.9 Å². The van der Waals surface area contributed by atoms with Crippen LogP contribution < -0.4 is 5.32 Å². The minimum atomic E-state index is -0.980. The van der Waals surface area contributed by atoms with Gasteiger partial charge in [0.2, 0.25) is 5.91 Å². The number of rotatable bonds is 24. The molecule has 188 valence electrons. The molecule has 0 radical (unpaired) electrons. The highest BCUT2D eigenvalue weighted by atomic mass is 16.6. The molecule has 0 spiro atoms. The van der Waals surface area contributed by atoms with Crippen molar-refractivity contribution in [2.24, 2.45) is 0 Å². The number of carboxylic acid groups (broad SMARTS) is 1. The zero-order chi connectivity index (χ0) is 23.7. The van der Waals surface area contributed by atoms with Gasteiger partial charge in [0.25, 0.3) is 0 Å². The van der Waals surface area contributed by atoms with Gasteiger partial charge in [-0.05, 0) is 12.8 Å². The van der Waals surface area contributed by atoms with Crippen LogP contribution in [-0.4, -0.2) is 49.3 Å². The van der Waals surface area contributed by atoms with Gasteiger partial charge in [-0.1, -0.05) is 84.0 Å². The van der Waals surface area contributed by atoms with Gasteiger partial charge >= 0.3 is 11.9 Å². The van der Waals surface area contributed by atoms with Gasteiger partial charge in [0.15, 0.2) is 0 Å². The Morgan fingerprint density at radius 1 is 0.656 bits per heavy atom. The van der Waals surface area contributed by atoms with Crippen molar-refractivity contribution in [3.05, 3.63) is 0 Å². The van der Waals surface area contributed by atoms with E-state index in [1.165, 1.54) is 70.6 Å². The van der Waals surface area contributed by atoms with E-state index < -0.39 is 5.97 Å². The summed E-state index contributed by atoms with van der Waals surface area (Å²) in [5.74, 6) is -1.41. The van der Waals surface area contributed by atoms with Crippen LogP contribution in [0, 0.1) is 0 Å². The maximum absolute atomic E-state index is 11.7. The fourth-order valence-corrected chi connectivity index (χ4v) is 3.39. The zero-order valence-corrected chi connectivity index (χ0v) is 20.3. The Hall–Kier alpha value is -1.63. The molecule has 0 aliphatic carbocycles. The molecule has 0 atom stereocenters. The van der Waals surface area contributed by atoms with Crippen LogP contribution in [0.25, 0.3) is 0 Å². The normalized spacial score (nSPS) is 10.8. The Bertz CT molecular complexity index is 469. The first-order valence-electron chi connectivity index (χ1n) is 12.8. The van der Waals surface area contributed by atoms with E-state index in [4.69, 9.17) is 14.6 Å². The van der Waals surface area contributed by atoms with E-state index in [2.05, 4.69) is 12.2 Å². The molecule has 0 aromatic carbocycles. The summed E-state index contributed by atoms with van der Waals surface area (Å²) < 4.78 is 10.5. The fraction of sp³-hybridized carbons (Fsp3) is 0.880. The summed E-state index contributed by atoms with van der Waals surface area (Å²) in [6.07, 6.45) is 17.6.